The number of carbonyl (C=O) groups is 5. The summed E-state index contributed by atoms with van der Waals surface area (Å²) >= 11 is 5.34. The molecule has 5 amide bonds. The quantitative estimate of drug-likeness (QED) is 0.252. The third kappa shape index (κ3) is 5.72. The van der Waals surface area contributed by atoms with Gasteiger partial charge in [-0.15, -0.1) is 0 Å². The Kier molecular flexibility index (Phi) is 8.03. The van der Waals surface area contributed by atoms with E-state index in [1.165, 1.54) is 24.3 Å². The third-order valence-corrected chi connectivity index (χ3v) is 8.12. The molecule has 1 saturated carbocycles. The van der Waals surface area contributed by atoms with Gasteiger partial charge in [-0.3, -0.25) is 29.4 Å². The van der Waals surface area contributed by atoms with Crippen LogP contribution in [0.1, 0.15) is 31.9 Å². The number of amides is 5. The van der Waals surface area contributed by atoms with Crippen LogP contribution in [0.4, 0.5) is 17.6 Å². The van der Waals surface area contributed by atoms with Crippen molar-refractivity contribution in [3.63, 3.8) is 0 Å². The fraction of sp³-hybridized carbons (Fsp3) is 0.560. The largest absolute Gasteiger partial charge is 0.471 e. The van der Waals surface area contributed by atoms with Crippen LogP contribution in [0.25, 0.3) is 0 Å². The summed E-state index contributed by atoms with van der Waals surface area (Å²) in [6, 6.07) is 4.24. The van der Waals surface area contributed by atoms with Gasteiger partial charge in [0.2, 0.25) is 5.91 Å². The smallest absolute Gasteiger partial charge is 0.356 e. The molecule has 1 aliphatic carbocycles. The summed E-state index contributed by atoms with van der Waals surface area (Å²) in [5.74, 6) is -7.29. The molecule has 1 aromatic carbocycles. The Morgan fingerprint density at radius 3 is 2.40 bits per heavy atom. The molecule has 4 rings (SSSR count). The van der Waals surface area contributed by atoms with E-state index < -0.39 is 70.7 Å². The third-order valence-electron chi connectivity index (χ3n) is 7.94. The number of nitrogens with one attached hydrogen (secondary N) is 3. The Labute approximate surface area is 231 Å². The van der Waals surface area contributed by atoms with Crippen LogP contribution in [0.15, 0.2) is 30.3 Å². The number of fused-ring (bicyclic) bond motifs is 1. The van der Waals surface area contributed by atoms with Crippen molar-refractivity contribution in [3.8, 4) is 0 Å². The number of hydrazine groups is 1. The average Bonchev–Trinajstić information content (AvgIpc) is 3.23. The molecule has 10 nitrogen and oxygen atoms in total. The summed E-state index contributed by atoms with van der Waals surface area (Å²) in [5, 5.41) is 4.89. The van der Waals surface area contributed by atoms with Crippen molar-refractivity contribution in [3.05, 3.63) is 35.9 Å². The molecule has 0 aromatic heterocycles. The van der Waals surface area contributed by atoms with Gasteiger partial charge in [-0.2, -0.15) is 13.2 Å². The number of nitrogens with zero attached hydrogens (tertiary/aromatic N) is 2. The number of alkyl halides is 5. The number of hydrogen-bond acceptors (Lipinski definition) is 5. The van der Waals surface area contributed by atoms with E-state index in [9.17, 15) is 41.5 Å². The predicted octanol–water partition coefficient (Wildman–Crippen LogP) is 1.42. The van der Waals surface area contributed by atoms with Crippen LogP contribution >= 0.6 is 11.6 Å². The van der Waals surface area contributed by atoms with Gasteiger partial charge in [-0.25, -0.2) is 9.40 Å². The van der Waals surface area contributed by atoms with E-state index in [0.717, 1.165) is 4.90 Å². The zero-order valence-corrected chi connectivity index (χ0v) is 22.3. The Balaban J connectivity index is 1.61. The zero-order valence-electron chi connectivity index (χ0n) is 21.5. The normalized spacial score (nSPS) is 26.3. The molecular formula is C25H28ClF4N5O5. The number of rotatable bonds is 7. The molecule has 40 heavy (non-hydrogen) atoms. The van der Waals surface area contributed by atoms with Gasteiger partial charge in [0.05, 0.1) is 12.5 Å². The first-order chi connectivity index (χ1) is 18.6. The highest BCUT2D eigenvalue weighted by Gasteiger charge is 2.69. The highest BCUT2D eigenvalue weighted by atomic mass is 35.5. The molecule has 0 bridgehead atoms. The van der Waals surface area contributed by atoms with Gasteiger partial charge in [-0.05, 0) is 29.2 Å². The van der Waals surface area contributed by atoms with E-state index >= 15 is 0 Å². The van der Waals surface area contributed by atoms with Gasteiger partial charge >= 0.3 is 12.1 Å². The standard InChI is InChI=1S/C25H28ClF4N5O5/c1-24(2)14-11-34(21(38)16(12-6-4-3-5-7-12)32-23(40)25(28,29)30)17(15(14)24)20(37)33-35(22(39)18(26)27)10-13-8-9-31-19(13)36/h3-7,13-18H,8-11H2,1-2H3,(H,31,36)(H,32,40)(H,33,37)/t13-,14-,15-,16?,17-,18?/m0/s1. The molecule has 3 N–H and O–H groups in total. The SMILES string of the molecule is CC1(C)[C@@H]2[C@@H](C(=O)NN(C[C@@H]3CCNC3=O)C(=O)C(F)Cl)N(C(=O)C(NC(=O)C(F)(F)F)c3ccccc3)C[C@@H]21. The minimum Gasteiger partial charge on any atom is -0.356 e. The molecule has 2 unspecified atom stereocenters. The Hall–Kier alpha value is -3.42. The lowest BCUT2D eigenvalue weighted by molar-refractivity contribution is -0.175. The second kappa shape index (κ2) is 10.9. The Morgan fingerprint density at radius 1 is 1.20 bits per heavy atom. The maximum atomic E-state index is 13.8. The highest BCUT2D eigenvalue weighted by Crippen LogP contribution is 2.65. The molecule has 2 heterocycles. The maximum absolute atomic E-state index is 13.8. The number of carbonyl (C=O) groups excluding carboxylic acids is 5. The van der Waals surface area contributed by atoms with Gasteiger partial charge < -0.3 is 15.5 Å². The van der Waals surface area contributed by atoms with Crippen LogP contribution < -0.4 is 16.1 Å². The summed E-state index contributed by atoms with van der Waals surface area (Å²) in [4.78, 5) is 64.7. The maximum Gasteiger partial charge on any atom is 0.471 e. The number of hydrogen-bond donors (Lipinski definition) is 3. The van der Waals surface area contributed by atoms with E-state index in [0.29, 0.717) is 18.0 Å². The van der Waals surface area contributed by atoms with Crippen LogP contribution in [0.2, 0.25) is 0 Å². The lowest BCUT2D eigenvalue weighted by Gasteiger charge is -2.35. The van der Waals surface area contributed by atoms with E-state index in [2.05, 4.69) is 10.7 Å². The minimum atomic E-state index is -5.27. The zero-order chi connectivity index (χ0) is 29.6. The van der Waals surface area contributed by atoms with Crippen molar-refractivity contribution in [1.29, 1.82) is 0 Å². The summed E-state index contributed by atoms with van der Waals surface area (Å²) < 4.78 is 53.1. The molecule has 15 heteroatoms. The molecule has 2 aliphatic heterocycles. The fourth-order valence-corrected chi connectivity index (χ4v) is 5.79. The van der Waals surface area contributed by atoms with Crippen LogP contribution in [0, 0.1) is 23.2 Å². The van der Waals surface area contributed by atoms with Crippen molar-refractivity contribution in [1.82, 2.24) is 26.0 Å². The van der Waals surface area contributed by atoms with Crippen LogP contribution in [-0.2, 0) is 24.0 Å². The summed E-state index contributed by atoms with van der Waals surface area (Å²) in [6.07, 6.45) is -4.95. The van der Waals surface area contributed by atoms with Crippen molar-refractivity contribution in [2.75, 3.05) is 19.6 Å². The first kappa shape index (κ1) is 29.6. The summed E-state index contributed by atoms with van der Waals surface area (Å²) in [7, 11) is 0. The summed E-state index contributed by atoms with van der Waals surface area (Å²) in [5.41, 5.74) is -0.601. The van der Waals surface area contributed by atoms with Gasteiger partial charge in [0, 0.05) is 13.1 Å². The minimum absolute atomic E-state index is 0.0000280. The molecule has 218 valence electrons. The highest BCUT2D eigenvalue weighted by molar-refractivity contribution is 6.29. The topological polar surface area (TPSA) is 128 Å². The van der Waals surface area contributed by atoms with Crippen molar-refractivity contribution >= 4 is 41.1 Å². The van der Waals surface area contributed by atoms with Gasteiger partial charge in [0.25, 0.3) is 23.4 Å². The summed E-state index contributed by atoms with van der Waals surface area (Å²) in [6.45, 7) is 3.65. The molecule has 2 saturated heterocycles. The Morgan fingerprint density at radius 2 is 1.85 bits per heavy atom. The van der Waals surface area contributed by atoms with Crippen LogP contribution in [-0.4, -0.2) is 76.9 Å². The monoisotopic (exact) mass is 589 g/mol. The number of halogens is 5. The molecule has 3 fully saturated rings. The second-order valence-electron chi connectivity index (χ2n) is 10.7. The van der Waals surface area contributed by atoms with E-state index in [1.54, 1.807) is 11.4 Å². The average molecular weight is 590 g/mol. The van der Waals surface area contributed by atoms with Crippen molar-refractivity contribution < 1.29 is 41.5 Å². The van der Waals surface area contributed by atoms with Gasteiger partial charge in [0.15, 0.2) is 0 Å². The first-order valence-electron chi connectivity index (χ1n) is 12.6. The predicted molar refractivity (Wildman–Crippen MR) is 131 cm³/mol. The molecule has 0 spiro atoms. The fourth-order valence-electron chi connectivity index (χ4n) is 5.67. The number of piperidine rings is 1. The Bertz CT molecular complexity index is 1200. The van der Waals surface area contributed by atoms with E-state index in [-0.39, 0.29) is 24.6 Å². The molecule has 0 radical (unpaired) electrons. The van der Waals surface area contributed by atoms with Gasteiger partial charge in [-0.1, -0.05) is 55.8 Å². The second-order valence-corrected chi connectivity index (χ2v) is 11.1. The lowest BCUT2D eigenvalue weighted by atomic mass is 9.98. The molecule has 6 atom stereocenters. The van der Waals surface area contributed by atoms with E-state index in [4.69, 9.17) is 11.6 Å². The van der Waals surface area contributed by atoms with Gasteiger partial charge in [0.1, 0.15) is 12.1 Å². The van der Waals surface area contributed by atoms with E-state index in [1.807, 2.05) is 13.8 Å². The van der Waals surface area contributed by atoms with Crippen molar-refractivity contribution in [2.45, 2.75) is 44.2 Å². The van der Waals surface area contributed by atoms with Crippen molar-refractivity contribution in [2.24, 2.45) is 23.2 Å². The number of likely N-dealkylation sites (tertiary alicyclic amines) is 1. The molecule has 3 aliphatic rings. The molecular weight excluding hydrogens is 562 g/mol. The van der Waals surface area contributed by atoms with Crippen LogP contribution in [0.3, 0.4) is 0 Å². The molecule has 1 aromatic rings. The number of benzene rings is 1. The van der Waals surface area contributed by atoms with Crippen LogP contribution in [0.5, 0.6) is 0 Å². The lowest BCUT2D eigenvalue weighted by Crippen LogP contribution is -2.59. The first-order valence-corrected chi connectivity index (χ1v) is 13.0.